The maximum absolute atomic E-state index is 12.8. The van der Waals surface area contributed by atoms with Gasteiger partial charge in [-0.15, -0.1) is 12.4 Å². The number of carbonyl (C=O) groups is 1. The van der Waals surface area contributed by atoms with Crippen molar-refractivity contribution in [2.45, 2.75) is 19.8 Å². The van der Waals surface area contributed by atoms with Gasteiger partial charge in [-0.1, -0.05) is 37.6 Å². The molecule has 2 aromatic carbocycles. The normalized spacial score (nSPS) is 10.6. The average Bonchev–Trinajstić information content (AvgIpc) is 2.76. The number of ether oxygens (including phenoxy) is 1. The number of carbonyl (C=O) groups excluding carboxylic acids is 1. The molecule has 0 atom stereocenters. The Morgan fingerprint density at radius 2 is 1.87 bits per heavy atom. The molecule has 31 heavy (non-hydrogen) atoms. The Balaban J connectivity index is 0.00000272. The van der Waals surface area contributed by atoms with Crippen LogP contribution in [0, 0.1) is 0 Å². The van der Waals surface area contributed by atoms with Crippen molar-refractivity contribution in [3.63, 3.8) is 0 Å². The molecule has 9 heteroatoms. The first kappa shape index (κ1) is 22.7. The molecule has 0 aliphatic rings. The molecule has 0 radical (unpaired) electrons. The van der Waals surface area contributed by atoms with E-state index < -0.39 is 5.97 Å². The van der Waals surface area contributed by atoms with E-state index in [9.17, 15) is 9.59 Å². The predicted octanol–water partition coefficient (Wildman–Crippen LogP) is 5.13. The number of hydrogen-bond acceptors (Lipinski definition) is 6. The van der Waals surface area contributed by atoms with Crippen LogP contribution in [0.4, 0.5) is 11.5 Å². The van der Waals surface area contributed by atoms with Gasteiger partial charge in [-0.2, -0.15) is 4.98 Å². The summed E-state index contributed by atoms with van der Waals surface area (Å²) < 4.78 is 7.29. The number of nitrogens with zero attached hydrogens (tertiary/aromatic N) is 3. The summed E-state index contributed by atoms with van der Waals surface area (Å²) in [6, 6.07) is 14.2. The van der Waals surface area contributed by atoms with Gasteiger partial charge >= 0.3 is 5.97 Å². The fraction of sp³-hybridized carbons (Fsp3) is 0.182. The van der Waals surface area contributed by atoms with E-state index in [1.54, 1.807) is 42.6 Å². The molecule has 0 aliphatic heterocycles. The third-order valence-electron chi connectivity index (χ3n) is 4.60. The first-order valence-corrected chi connectivity index (χ1v) is 10.4. The van der Waals surface area contributed by atoms with E-state index in [1.165, 1.54) is 4.40 Å². The minimum atomic E-state index is -0.399. The maximum Gasteiger partial charge on any atom is 0.340 e. The van der Waals surface area contributed by atoms with Crippen molar-refractivity contribution in [3.8, 4) is 0 Å². The molecule has 0 bridgehead atoms. The Morgan fingerprint density at radius 1 is 1.13 bits per heavy atom. The second-order valence-electron chi connectivity index (χ2n) is 6.70. The Kier molecular flexibility index (Phi) is 7.25. The second-order valence-corrected chi connectivity index (χ2v) is 7.56. The minimum Gasteiger partial charge on any atom is -0.462 e. The van der Waals surface area contributed by atoms with Crippen LogP contribution < -0.4 is 10.9 Å². The molecule has 4 rings (SSSR count). The lowest BCUT2D eigenvalue weighted by atomic mass is 10.2. The van der Waals surface area contributed by atoms with Gasteiger partial charge in [-0.3, -0.25) is 9.20 Å². The van der Waals surface area contributed by atoms with Gasteiger partial charge in [0.1, 0.15) is 5.82 Å². The highest BCUT2D eigenvalue weighted by Gasteiger charge is 2.15. The van der Waals surface area contributed by atoms with Gasteiger partial charge in [0.15, 0.2) is 0 Å². The van der Waals surface area contributed by atoms with Crippen molar-refractivity contribution in [1.29, 1.82) is 0 Å². The largest absolute Gasteiger partial charge is 0.462 e. The molecule has 1 N–H and O–H groups in total. The first-order chi connectivity index (χ1) is 14.6. The summed E-state index contributed by atoms with van der Waals surface area (Å²) in [4.78, 5) is 34.2. The average molecular weight is 504 g/mol. The van der Waals surface area contributed by atoms with Crippen LogP contribution in [0.5, 0.6) is 0 Å². The van der Waals surface area contributed by atoms with Gasteiger partial charge in [-0.05, 0) is 46.6 Å². The van der Waals surface area contributed by atoms with Crippen LogP contribution >= 0.6 is 28.3 Å². The summed E-state index contributed by atoms with van der Waals surface area (Å²) >= 11 is 3.46. The van der Waals surface area contributed by atoms with Gasteiger partial charge in [0.05, 0.1) is 33.2 Å². The standard InChI is InChI=1S/C22H19BrN4O3.ClH/c1-2-3-12-30-21(29)15-9-5-7-11-18(15)24-19-16(23)13-27-20(28)14-8-4-6-10-17(14)25-22(27)26-19;/h4-11,13H,2-3,12H2,1H3,(H,24,25,26);1H. The molecule has 4 aromatic rings. The lowest BCUT2D eigenvalue weighted by Gasteiger charge is -2.13. The molecule has 0 fully saturated rings. The molecule has 0 saturated heterocycles. The topological polar surface area (TPSA) is 85.6 Å². The zero-order valence-corrected chi connectivity index (χ0v) is 19.1. The maximum atomic E-state index is 12.8. The van der Waals surface area contributed by atoms with Crippen molar-refractivity contribution in [3.05, 3.63) is 75.1 Å². The van der Waals surface area contributed by atoms with Crippen LogP contribution in [0.1, 0.15) is 30.1 Å². The number of benzene rings is 2. The Bertz CT molecular complexity index is 1310. The van der Waals surface area contributed by atoms with Crippen molar-refractivity contribution in [2.75, 3.05) is 11.9 Å². The van der Waals surface area contributed by atoms with E-state index in [2.05, 4.69) is 31.2 Å². The number of para-hydroxylation sites is 2. The van der Waals surface area contributed by atoms with Crippen LogP contribution in [0.2, 0.25) is 0 Å². The lowest BCUT2D eigenvalue weighted by molar-refractivity contribution is 0.0501. The smallest absolute Gasteiger partial charge is 0.340 e. The molecule has 0 saturated carbocycles. The number of hydrogen-bond donors (Lipinski definition) is 1. The van der Waals surface area contributed by atoms with Crippen LogP contribution in [0.3, 0.4) is 0 Å². The quantitative estimate of drug-likeness (QED) is 0.223. The molecular weight excluding hydrogens is 484 g/mol. The molecule has 0 amide bonds. The Labute approximate surface area is 193 Å². The van der Waals surface area contributed by atoms with E-state index >= 15 is 0 Å². The number of halogens is 2. The summed E-state index contributed by atoms with van der Waals surface area (Å²) in [5, 5.41) is 3.68. The van der Waals surface area contributed by atoms with E-state index in [0.29, 0.717) is 39.1 Å². The number of fused-ring (bicyclic) bond motifs is 2. The molecule has 0 aliphatic carbocycles. The van der Waals surface area contributed by atoms with Gasteiger partial charge in [0, 0.05) is 6.20 Å². The Hall–Kier alpha value is -2.97. The number of esters is 1. The van der Waals surface area contributed by atoms with E-state index in [0.717, 1.165) is 12.8 Å². The summed E-state index contributed by atoms with van der Waals surface area (Å²) in [5.41, 5.74) is 1.34. The summed E-state index contributed by atoms with van der Waals surface area (Å²) in [5.74, 6) is 0.294. The number of rotatable bonds is 6. The number of nitrogens with one attached hydrogen (secondary N) is 1. The first-order valence-electron chi connectivity index (χ1n) is 9.59. The number of aromatic nitrogens is 3. The van der Waals surface area contributed by atoms with Crippen molar-refractivity contribution < 1.29 is 9.53 Å². The highest BCUT2D eigenvalue weighted by atomic mass is 79.9. The number of anilines is 2. The van der Waals surface area contributed by atoms with Gasteiger partial charge in [0.2, 0.25) is 5.78 Å². The van der Waals surface area contributed by atoms with Crippen LogP contribution in [-0.2, 0) is 4.74 Å². The monoisotopic (exact) mass is 502 g/mol. The van der Waals surface area contributed by atoms with Gasteiger partial charge in [-0.25, -0.2) is 9.78 Å². The molecular formula is C22H20BrClN4O3. The van der Waals surface area contributed by atoms with E-state index in [-0.39, 0.29) is 23.7 Å². The third kappa shape index (κ3) is 4.70. The summed E-state index contributed by atoms with van der Waals surface area (Å²) in [7, 11) is 0. The molecule has 0 spiro atoms. The predicted molar refractivity (Wildman–Crippen MR) is 127 cm³/mol. The molecule has 160 valence electrons. The van der Waals surface area contributed by atoms with Crippen molar-refractivity contribution in [1.82, 2.24) is 14.4 Å². The fourth-order valence-corrected chi connectivity index (χ4v) is 3.42. The lowest BCUT2D eigenvalue weighted by Crippen LogP contribution is -2.17. The highest BCUT2D eigenvalue weighted by Crippen LogP contribution is 2.26. The Morgan fingerprint density at radius 3 is 2.68 bits per heavy atom. The van der Waals surface area contributed by atoms with Crippen LogP contribution in [-0.4, -0.2) is 26.9 Å². The van der Waals surface area contributed by atoms with E-state index in [4.69, 9.17) is 4.74 Å². The molecule has 0 unspecified atom stereocenters. The number of unbranched alkanes of at least 4 members (excludes halogenated alkanes) is 1. The molecule has 2 aromatic heterocycles. The molecule has 2 heterocycles. The summed E-state index contributed by atoms with van der Waals surface area (Å²) in [6.07, 6.45) is 3.38. The van der Waals surface area contributed by atoms with Crippen LogP contribution in [0.15, 0.2) is 64.0 Å². The highest BCUT2D eigenvalue weighted by molar-refractivity contribution is 9.10. The van der Waals surface area contributed by atoms with Crippen molar-refractivity contribution >= 4 is 62.5 Å². The zero-order valence-electron chi connectivity index (χ0n) is 16.7. The SMILES string of the molecule is CCCCOC(=O)c1ccccc1Nc1nc2nc3ccccc3c(=O)n2cc1Br.Cl. The van der Waals surface area contributed by atoms with Gasteiger partial charge in [0.25, 0.3) is 5.56 Å². The minimum absolute atomic E-state index is 0. The summed E-state index contributed by atoms with van der Waals surface area (Å²) in [6.45, 7) is 2.41. The second kappa shape index (κ2) is 9.89. The third-order valence-corrected chi connectivity index (χ3v) is 5.18. The van der Waals surface area contributed by atoms with Gasteiger partial charge < -0.3 is 10.1 Å². The van der Waals surface area contributed by atoms with Crippen LogP contribution in [0.25, 0.3) is 16.7 Å². The van der Waals surface area contributed by atoms with Crippen molar-refractivity contribution in [2.24, 2.45) is 0 Å². The van der Waals surface area contributed by atoms with E-state index in [1.807, 2.05) is 19.1 Å². The molecule has 7 nitrogen and oxygen atoms in total. The zero-order chi connectivity index (χ0) is 21.1. The fourth-order valence-electron chi connectivity index (χ4n) is 3.03.